The Morgan fingerprint density at radius 2 is 1.21 bits per heavy atom. The van der Waals surface area contributed by atoms with Crippen molar-refractivity contribution in [3.63, 3.8) is 0 Å². The fourth-order valence-corrected chi connectivity index (χ4v) is 12.3. The normalized spacial score (nSPS) is 25.3. The molecule has 0 saturated carbocycles. The van der Waals surface area contributed by atoms with Crippen molar-refractivity contribution >= 4 is 43.2 Å². The zero-order valence-corrected chi connectivity index (χ0v) is 24.0. The fourth-order valence-electron chi connectivity index (χ4n) is 6.06. The van der Waals surface area contributed by atoms with Crippen LogP contribution in [0.25, 0.3) is 0 Å². The van der Waals surface area contributed by atoms with Crippen LogP contribution in [0.2, 0.25) is 0 Å². The molecule has 3 N–H and O–H groups in total. The monoisotopic (exact) mass is 608 g/mol. The maximum Gasteiger partial charge on any atom is 0.294 e. The van der Waals surface area contributed by atoms with Crippen molar-refractivity contribution in [2.24, 2.45) is 5.41 Å². The molecular weight excluding hydrogens is 583 g/mol. The van der Waals surface area contributed by atoms with Crippen molar-refractivity contribution < 1.29 is 38.9 Å². The van der Waals surface area contributed by atoms with Gasteiger partial charge in [-0.05, 0) is 70.1 Å². The molecule has 0 spiro atoms. The third-order valence-corrected chi connectivity index (χ3v) is 14.0. The summed E-state index contributed by atoms with van der Waals surface area (Å²) in [7, 11) is -15.2. The molecule has 2 aliphatic rings. The number of benzene rings is 3. The number of hydrogen-bond acceptors (Lipinski definition) is 6. The quantitative estimate of drug-likeness (QED) is 0.274. The van der Waals surface area contributed by atoms with Crippen molar-refractivity contribution in [3.05, 3.63) is 102 Å². The van der Waals surface area contributed by atoms with Crippen molar-refractivity contribution in [2.45, 2.75) is 33.2 Å². The van der Waals surface area contributed by atoms with E-state index in [9.17, 15) is 38.9 Å². The second-order valence-electron chi connectivity index (χ2n) is 10.0. The summed E-state index contributed by atoms with van der Waals surface area (Å²) in [4.78, 5) is -0.822. The van der Waals surface area contributed by atoms with Gasteiger partial charge in [0.1, 0.15) is 0 Å². The van der Waals surface area contributed by atoms with Crippen LogP contribution in [0.3, 0.4) is 0 Å². The molecule has 2 aliphatic heterocycles. The van der Waals surface area contributed by atoms with Crippen LogP contribution >= 0.6 is 7.55 Å². The average Bonchev–Trinajstić information content (AvgIpc) is 3.30. The molecule has 3 aromatic rings. The third-order valence-electron chi connectivity index (χ3n) is 7.72. The van der Waals surface area contributed by atoms with Gasteiger partial charge in [-0.1, -0.05) is 49.9 Å². The molecule has 0 aromatic heterocycles. The minimum atomic E-state index is -4.51. The van der Waals surface area contributed by atoms with Crippen LogP contribution in [0, 0.1) is 5.41 Å². The molecule has 1 saturated heterocycles. The van der Waals surface area contributed by atoms with E-state index in [1.807, 2.05) is 6.92 Å². The van der Waals surface area contributed by atoms with E-state index in [-0.39, 0.29) is 26.3 Å². The van der Waals surface area contributed by atoms with Gasteiger partial charge in [0.2, 0.25) is 0 Å². The summed E-state index contributed by atoms with van der Waals surface area (Å²) in [6.07, 6.45) is 0.628. The molecule has 1 fully saturated rings. The second-order valence-corrected chi connectivity index (χ2v) is 16.8. The van der Waals surface area contributed by atoms with E-state index in [0.29, 0.717) is 22.9 Å². The highest BCUT2D eigenvalue weighted by Gasteiger charge is 2.56. The van der Waals surface area contributed by atoms with Gasteiger partial charge in [-0.25, -0.2) is 0 Å². The zero-order chi connectivity index (χ0) is 28.5. The van der Waals surface area contributed by atoms with Gasteiger partial charge in [0.25, 0.3) is 30.4 Å². The van der Waals surface area contributed by atoms with E-state index >= 15 is 0 Å². The first-order chi connectivity index (χ1) is 18.0. The largest absolute Gasteiger partial charge is 0.294 e. The fraction of sp³-hybridized carbons (Fsp3) is 0.192. The topological polar surface area (TPSA) is 163 Å². The molecule has 2 bridgehead atoms. The Kier molecular flexibility index (Phi) is 6.63. The van der Waals surface area contributed by atoms with Gasteiger partial charge in [0.15, 0.2) is 0 Å². The molecular formula is C26H25O9PS3. The molecule has 0 aliphatic carbocycles. The zero-order valence-electron chi connectivity index (χ0n) is 20.5. The number of hydrogen-bond donors (Lipinski definition) is 3. The highest BCUT2D eigenvalue weighted by atomic mass is 32.2. The van der Waals surface area contributed by atoms with E-state index < -0.39 is 43.3 Å². The van der Waals surface area contributed by atoms with Crippen LogP contribution in [-0.4, -0.2) is 50.4 Å². The maximum atomic E-state index is 12.0. The number of fused-ring (bicyclic) bond motifs is 2. The summed E-state index contributed by atoms with van der Waals surface area (Å²) in [6, 6.07) is 17.8. The first-order valence-electron chi connectivity index (χ1n) is 11.7. The summed E-state index contributed by atoms with van der Waals surface area (Å²) >= 11 is 0. The van der Waals surface area contributed by atoms with Gasteiger partial charge in [-0.15, -0.1) is 7.55 Å². The highest BCUT2D eigenvalue weighted by Crippen LogP contribution is 2.74. The Bertz CT molecular complexity index is 1910. The van der Waals surface area contributed by atoms with E-state index in [1.165, 1.54) is 54.6 Å². The van der Waals surface area contributed by atoms with Crippen LogP contribution in [0.5, 0.6) is 0 Å². The number of allylic oxidation sites excluding steroid dienone is 1. The lowest BCUT2D eigenvalue weighted by Crippen LogP contribution is -2.31. The third kappa shape index (κ3) is 4.84. The highest BCUT2D eigenvalue weighted by molar-refractivity contribution is 7.86. The Balaban J connectivity index is 1.79. The van der Waals surface area contributed by atoms with E-state index in [2.05, 4.69) is 6.58 Å². The van der Waals surface area contributed by atoms with Crippen molar-refractivity contribution in [3.8, 4) is 0 Å². The average molecular weight is 609 g/mol. The molecule has 9 nitrogen and oxygen atoms in total. The predicted molar refractivity (Wildman–Crippen MR) is 149 cm³/mol. The molecule has 4 unspecified atom stereocenters. The lowest BCUT2D eigenvalue weighted by Gasteiger charge is -2.39. The van der Waals surface area contributed by atoms with Crippen LogP contribution < -0.4 is 0 Å². The lowest BCUT2D eigenvalue weighted by atomic mass is 9.67. The molecule has 4 atom stereocenters. The molecule has 39 heavy (non-hydrogen) atoms. The van der Waals surface area contributed by atoms with Gasteiger partial charge >= 0.3 is 0 Å². The van der Waals surface area contributed by atoms with Crippen molar-refractivity contribution in [2.75, 3.05) is 6.16 Å². The van der Waals surface area contributed by atoms with Crippen LogP contribution in [0.4, 0.5) is 0 Å². The Labute approximate surface area is 227 Å². The van der Waals surface area contributed by atoms with E-state index in [1.54, 1.807) is 18.2 Å². The van der Waals surface area contributed by atoms with Crippen molar-refractivity contribution in [1.29, 1.82) is 0 Å². The van der Waals surface area contributed by atoms with Crippen LogP contribution in [0.15, 0.2) is 99.6 Å². The molecule has 5 rings (SSSR count). The molecule has 3 aromatic carbocycles. The standard InChI is InChI=1S/C26H25O9PS3/c1-16-24(18-7-4-10-21(13-18)38(30,31)32)36-15-26(16,2)23(17-6-3-9-20(12-17)37(27,28)29)25(36)19-8-5-11-22(14-19)39(33,34)35/h3-14,23,25,36H,1,15H2,2H3,(H,27,28,29)(H,30,31,32)(H,33,34,35). The molecule has 13 heteroatoms. The second kappa shape index (κ2) is 9.24. The van der Waals surface area contributed by atoms with Gasteiger partial charge in [-0.3, -0.25) is 13.7 Å². The summed E-state index contributed by atoms with van der Waals surface area (Å²) in [6.45, 7) is 6.35. The first kappa shape index (κ1) is 28.0. The Morgan fingerprint density at radius 3 is 1.74 bits per heavy atom. The predicted octanol–water partition coefficient (Wildman–Crippen LogP) is 4.28. The van der Waals surface area contributed by atoms with Crippen LogP contribution in [-0.2, 0) is 30.4 Å². The first-order valence-corrected chi connectivity index (χ1v) is 17.8. The summed E-state index contributed by atoms with van der Waals surface area (Å²) in [5.74, 6) is -0.370. The van der Waals surface area contributed by atoms with Gasteiger partial charge in [-0.2, -0.15) is 25.3 Å². The van der Waals surface area contributed by atoms with Crippen molar-refractivity contribution in [1.82, 2.24) is 0 Å². The minimum Gasteiger partial charge on any atom is -0.282 e. The SMILES string of the molecule is C=C1C(c2cccc(S(=O)(=O)O)c2)=[PH]2CC1(C)C(c1cccc(S(=O)(=O)O)c1)C2c1cccc(S(=O)(=O)O)c1. The van der Waals surface area contributed by atoms with Crippen LogP contribution in [0.1, 0.15) is 35.2 Å². The molecule has 0 amide bonds. The van der Waals surface area contributed by atoms with E-state index in [0.717, 1.165) is 10.9 Å². The Hall–Kier alpha value is -2.57. The minimum absolute atomic E-state index is 0.266. The maximum absolute atomic E-state index is 12.0. The summed E-state index contributed by atoms with van der Waals surface area (Å²) < 4.78 is 101. The van der Waals surface area contributed by atoms with E-state index in [4.69, 9.17) is 0 Å². The lowest BCUT2D eigenvalue weighted by molar-refractivity contribution is 0.384. The molecule has 206 valence electrons. The van der Waals surface area contributed by atoms with Gasteiger partial charge < -0.3 is 0 Å². The summed E-state index contributed by atoms with van der Waals surface area (Å²) in [5, 5.41) is 0.845. The molecule has 2 heterocycles. The van der Waals surface area contributed by atoms with Gasteiger partial charge in [0.05, 0.1) is 14.7 Å². The smallest absolute Gasteiger partial charge is 0.282 e. The van der Waals surface area contributed by atoms with Gasteiger partial charge in [0, 0.05) is 17.0 Å². The molecule has 0 radical (unpaired) electrons. The number of rotatable bonds is 6. The summed E-state index contributed by atoms with van der Waals surface area (Å²) in [5.41, 5.74) is 1.58. The Morgan fingerprint density at radius 1 is 0.744 bits per heavy atom.